The zero-order valence-electron chi connectivity index (χ0n) is 13.0. The minimum atomic E-state index is -0.794. The lowest BCUT2D eigenvalue weighted by Crippen LogP contribution is -2.43. The van der Waals surface area contributed by atoms with Gasteiger partial charge in [0.15, 0.2) is 0 Å². The summed E-state index contributed by atoms with van der Waals surface area (Å²) >= 11 is 0. The van der Waals surface area contributed by atoms with Gasteiger partial charge in [0.2, 0.25) is 0 Å². The number of nitrogens with zero attached hydrogens (tertiary/aromatic N) is 3. The van der Waals surface area contributed by atoms with Crippen LogP contribution in [-0.2, 0) is 22.5 Å². The van der Waals surface area contributed by atoms with E-state index in [0.717, 1.165) is 25.0 Å². The van der Waals surface area contributed by atoms with E-state index in [1.165, 1.54) is 0 Å². The van der Waals surface area contributed by atoms with Crippen molar-refractivity contribution in [1.29, 1.82) is 0 Å². The number of amides is 1. The van der Waals surface area contributed by atoms with Crippen LogP contribution in [-0.4, -0.2) is 57.0 Å². The van der Waals surface area contributed by atoms with Gasteiger partial charge in [0, 0.05) is 31.7 Å². The lowest BCUT2D eigenvalue weighted by Gasteiger charge is -2.30. The average molecular weight is 319 g/mol. The molecule has 4 rings (SSSR count). The second kappa shape index (κ2) is 5.33. The fourth-order valence-electron chi connectivity index (χ4n) is 3.84. The van der Waals surface area contributed by atoms with Crippen molar-refractivity contribution in [2.45, 2.75) is 44.2 Å². The van der Waals surface area contributed by atoms with Crippen molar-refractivity contribution in [3.05, 3.63) is 17.5 Å². The maximum Gasteiger partial charge on any atom is 0.306 e. The molecular weight excluding hydrogens is 298 g/mol. The van der Waals surface area contributed by atoms with Crippen LogP contribution in [0.15, 0.2) is 6.20 Å². The molecule has 1 saturated heterocycles. The summed E-state index contributed by atoms with van der Waals surface area (Å²) in [7, 11) is 0. The van der Waals surface area contributed by atoms with Crippen molar-refractivity contribution in [2.75, 3.05) is 19.8 Å². The molecule has 1 aromatic rings. The van der Waals surface area contributed by atoms with E-state index in [9.17, 15) is 14.7 Å². The number of aromatic nitrogens is 2. The quantitative estimate of drug-likeness (QED) is 0.876. The fraction of sp³-hybridized carbons (Fsp3) is 0.688. The largest absolute Gasteiger partial charge is 0.481 e. The summed E-state index contributed by atoms with van der Waals surface area (Å²) in [5, 5.41) is 13.6. The smallest absolute Gasteiger partial charge is 0.306 e. The van der Waals surface area contributed by atoms with E-state index in [1.54, 1.807) is 10.9 Å². The first-order valence-corrected chi connectivity index (χ1v) is 8.28. The molecule has 1 atom stereocenters. The first-order chi connectivity index (χ1) is 11.1. The van der Waals surface area contributed by atoms with Gasteiger partial charge in [-0.2, -0.15) is 5.10 Å². The molecule has 7 nitrogen and oxygen atoms in total. The SMILES string of the molecule is O=C(O)C1CCn2ncc(C(=O)N3CCOCCC34CC4)c2C1. The van der Waals surface area contributed by atoms with Crippen LogP contribution in [0.2, 0.25) is 0 Å². The first-order valence-electron chi connectivity index (χ1n) is 8.28. The summed E-state index contributed by atoms with van der Waals surface area (Å²) in [4.78, 5) is 26.3. The van der Waals surface area contributed by atoms with E-state index in [-0.39, 0.29) is 11.4 Å². The predicted molar refractivity (Wildman–Crippen MR) is 80.1 cm³/mol. The van der Waals surface area contributed by atoms with Gasteiger partial charge in [-0.05, 0) is 25.7 Å². The molecule has 0 radical (unpaired) electrons. The third-order valence-electron chi connectivity index (χ3n) is 5.47. The number of carboxylic acid groups (broad SMARTS) is 1. The molecule has 23 heavy (non-hydrogen) atoms. The molecule has 1 spiro atoms. The second-order valence-electron chi connectivity index (χ2n) is 6.80. The van der Waals surface area contributed by atoms with E-state index < -0.39 is 11.9 Å². The first kappa shape index (κ1) is 14.7. The minimum Gasteiger partial charge on any atom is -0.481 e. The Bertz CT molecular complexity index is 650. The molecule has 1 amide bonds. The van der Waals surface area contributed by atoms with Crippen molar-refractivity contribution in [1.82, 2.24) is 14.7 Å². The van der Waals surface area contributed by atoms with Crippen LogP contribution in [0.1, 0.15) is 41.7 Å². The van der Waals surface area contributed by atoms with Crippen LogP contribution >= 0.6 is 0 Å². The molecule has 0 aromatic carbocycles. The highest BCUT2D eigenvalue weighted by Gasteiger charge is 2.51. The number of aryl methyl sites for hydroxylation is 1. The summed E-state index contributed by atoms with van der Waals surface area (Å²) in [6.45, 7) is 2.44. The number of carbonyl (C=O) groups excluding carboxylic acids is 1. The molecule has 1 saturated carbocycles. The third-order valence-corrected chi connectivity index (χ3v) is 5.47. The molecule has 1 aromatic heterocycles. The maximum atomic E-state index is 13.1. The van der Waals surface area contributed by atoms with Crippen LogP contribution in [0.5, 0.6) is 0 Å². The van der Waals surface area contributed by atoms with E-state index in [2.05, 4.69) is 5.10 Å². The van der Waals surface area contributed by atoms with Crippen LogP contribution in [0, 0.1) is 5.92 Å². The van der Waals surface area contributed by atoms with Crippen molar-refractivity contribution < 1.29 is 19.4 Å². The van der Waals surface area contributed by atoms with Gasteiger partial charge in [-0.25, -0.2) is 0 Å². The Labute approximate surface area is 134 Å². The van der Waals surface area contributed by atoms with Gasteiger partial charge in [-0.15, -0.1) is 0 Å². The Kier molecular flexibility index (Phi) is 3.41. The Morgan fingerprint density at radius 1 is 1.26 bits per heavy atom. The highest BCUT2D eigenvalue weighted by molar-refractivity contribution is 5.96. The Hall–Kier alpha value is -1.89. The number of carbonyl (C=O) groups is 2. The van der Waals surface area contributed by atoms with E-state index >= 15 is 0 Å². The normalized spacial score (nSPS) is 25.7. The van der Waals surface area contributed by atoms with Crippen molar-refractivity contribution in [3.63, 3.8) is 0 Å². The summed E-state index contributed by atoms with van der Waals surface area (Å²) in [5.41, 5.74) is 1.31. The molecule has 3 aliphatic rings. The Morgan fingerprint density at radius 2 is 2.09 bits per heavy atom. The van der Waals surface area contributed by atoms with Crippen molar-refractivity contribution in [3.8, 4) is 0 Å². The number of aliphatic carboxylic acids is 1. The van der Waals surface area contributed by atoms with Gasteiger partial charge >= 0.3 is 5.97 Å². The summed E-state index contributed by atoms with van der Waals surface area (Å²) in [6, 6.07) is 0. The van der Waals surface area contributed by atoms with Gasteiger partial charge in [0.25, 0.3) is 5.91 Å². The number of hydrogen-bond donors (Lipinski definition) is 1. The van der Waals surface area contributed by atoms with Gasteiger partial charge in [0.05, 0.1) is 30.0 Å². The van der Waals surface area contributed by atoms with E-state index in [0.29, 0.717) is 44.7 Å². The number of hydrogen-bond acceptors (Lipinski definition) is 4. The molecular formula is C16H21N3O4. The number of fused-ring (bicyclic) bond motifs is 1. The lowest BCUT2D eigenvalue weighted by molar-refractivity contribution is -0.142. The molecule has 7 heteroatoms. The summed E-state index contributed by atoms with van der Waals surface area (Å²) in [6.07, 6.45) is 5.52. The molecule has 1 N–H and O–H groups in total. The average Bonchev–Trinajstić information content (AvgIpc) is 3.25. The second-order valence-corrected chi connectivity index (χ2v) is 6.80. The molecule has 1 aliphatic carbocycles. The zero-order chi connectivity index (χ0) is 16.0. The van der Waals surface area contributed by atoms with Crippen molar-refractivity contribution in [2.24, 2.45) is 5.92 Å². The molecule has 2 aliphatic heterocycles. The number of rotatable bonds is 2. The standard InChI is InChI=1S/C16H21N3O4/c20-14(18-6-8-23-7-4-16(18)2-3-16)12-10-17-19-5-1-11(15(21)22)9-13(12)19/h10-11H,1-9H2,(H,21,22). The highest BCUT2D eigenvalue weighted by Crippen LogP contribution is 2.46. The van der Waals surface area contributed by atoms with Gasteiger partial charge in [0.1, 0.15) is 0 Å². The zero-order valence-corrected chi connectivity index (χ0v) is 13.0. The molecule has 0 bridgehead atoms. The maximum absolute atomic E-state index is 13.1. The summed E-state index contributed by atoms with van der Waals surface area (Å²) < 4.78 is 7.33. The lowest BCUT2D eigenvalue weighted by atomic mass is 9.94. The van der Waals surface area contributed by atoms with Crippen molar-refractivity contribution >= 4 is 11.9 Å². The van der Waals surface area contributed by atoms with E-state index in [4.69, 9.17) is 4.74 Å². The number of ether oxygens (including phenoxy) is 1. The predicted octanol–water partition coefficient (Wildman–Crippen LogP) is 0.925. The number of carboxylic acids is 1. The third kappa shape index (κ3) is 2.43. The Morgan fingerprint density at radius 3 is 2.83 bits per heavy atom. The minimum absolute atomic E-state index is 0.0136. The monoisotopic (exact) mass is 319 g/mol. The van der Waals surface area contributed by atoms with Crippen LogP contribution < -0.4 is 0 Å². The molecule has 124 valence electrons. The van der Waals surface area contributed by atoms with Crippen LogP contribution in [0.4, 0.5) is 0 Å². The van der Waals surface area contributed by atoms with Crippen LogP contribution in [0.3, 0.4) is 0 Å². The van der Waals surface area contributed by atoms with E-state index in [1.807, 2.05) is 4.90 Å². The fourth-order valence-corrected chi connectivity index (χ4v) is 3.84. The van der Waals surface area contributed by atoms with Gasteiger partial charge in [-0.1, -0.05) is 0 Å². The topological polar surface area (TPSA) is 84.7 Å². The van der Waals surface area contributed by atoms with Gasteiger partial charge < -0.3 is 14.7 Å². The van der Waals surface area contributed by atoms with Gasteiger partial charge in [-0.3, -0.25) is 14.3 Å². The molecule has 1 unspecified atom stereocenters. The summed E-state index contributed by atoms with van der Waals surface area (Å²) in [5.74, 6) is -1.23. The molecule has 2 fully saturated rings. The Balaban J connectivity index is 1.62. The van der Waals surface area contributed by atoms with Crippen LogP contribution in [0.25, 0.3) is 0 Å². The molecule has 3 heterocycles. The highest BCUT2D eigenvalue weighted by atomic mass is 16.5.